The zero-order valence-corrected chi connectivity index (χ0v) is 13.0. The summed E-state index contributed by atoms with van der Waals surface area (Å²) in [6.45, 7) is 0. The van der Waals surface area contributed by atoms with Gasteiger partial charge in [-0.2, -0.15) is 0 Å². The highest BCUT2D eigenvalue weighted by Crippen LogP contribution is 2.27. The van der Waals surface area contributed by atoms with Gasteiger partial charge < -0.3 is 14.6 Å². The van der Waals surface area contributed by atoms with Gasteiger partial charge in [0.15, 0.2) is 0 Å². The van der Waals surface area contributed by atoms with E-state index in [4.69, 9.17) is 9.57 Å². The van der Waals surface area contributed by atoms with Gasteiger partial charge in [-0.25, -0.2) is 9.78 Å². The van der Waals surface area contributed by atoms with Crippen LogP contribution in [0.25, 0.3) is 10.9 Å². The third-order valence-electron chi connectivity index (χ3n) is 3.91. The Bertz CT molecular complexity index is 1000. The van der Waals surface area contributed by atoms with Gasteiger partial charge in [-0.15, -0.1) is 0 Å². The first-order chi connectivity index (χ1) is 12.1. The number of pyridine rings is 1. The topological polar surface area (TPSA) is 102 Å². The number of hydrogen-bond donors (Lipinski definition) is 1. The highest BCUT2D eigenvalue weighted by atomic mass is 16.7. The van der Waals surface area contributed by atoms with Gasteiger partial charge in [-0.05, 0) is 18.2 Å². The van der Waals surface area contributed by atoms with Gasteiger partial charge in [0.25, 0.3) is 11.8 Å². The normalized spacial score (nSPS) is 13.2. The molecule has 0 radical (unpaired) electrons. The number of aromatic nitrogens is 2. The minimum absolute atomic E-state index is 0.159. The summed E-state index contributed by atoms with van der Waals surface area (Å²) in [5.74, 6) is -1.87. The zero-order valence-electron chi connectivity index (χ0n) is 13.0. The number of nitrogens with zero attached hydrogens (tertiary/aromatic N) is 2. The van der Waals surface area contributed by atoms with Crippen molar-refractivity contribution < 1.29 is 24.0 Å². The van der Waals surface area contributed by atoms with Crippen LogP contribution in [0.1, 0.15) is 31.1 Å². The lowest BCUT2D eigenvalue weighted by atomic mass is 10.1. The first kappa shape index (κ1) is 14.9. The molecule has 3 heterocycles. The highest BCUT2D eigenvalue weighted by molar-refractivity contribution is 6.21. The SMILES string of the molecule is COc1nccc2c(C(=O)ON3C(=O)c4ccccc4C3=O)c[nH]c12. The molecule has 124 valence electrons. The Balaban J connectivity index is 1.66. The van der Waals surface area contributed by atoms with Crippen LogP contribution in [-0.4, -0.2) is 39.9 Å². The number of fused-ring (bicyclic) bond motifs is 2. The lowest BCUT2D eigenvalue weighted by molar-refractivity contribution is -0.0583. The largest absolute Gasteiger partial charge is 0.479 e. The van der Waals surface area contributed by atoms with Crippen molar-refractivity contribution >= 4 is 28.7 Å². The summed E-state index contributed by atoms with van der Waals surface area (Å²) in [4.78, 5) is 49.0. The van der Waals surface area contributed by atoms with Crippen LogP contribution < -0.4 is 4.74 Å². The summed E-state index contributed by atoms with van der Waals surface area (Å²) in [7, 11) is 1.46. The van der Waals surface area contributed by atoms with Crippen LogP contribution in [0.2, 0.25) is 0 Å². The van der Waals surface area contributed by atoms with Gasteiger partial charge in [-0.3, -0.25) is 9.59 Å². The van der Waals surface area contributed by atoms with E-state index in [1.54, 1.807) is 18.2 Å². The maximum absolute atomic E-state index is 12.5. The predicted octanol–water partition coefficient (Wildman–Crippen LogP) is 1.94. The third-order valence-corrected chi connectivity index (χ3v) is 3.91. The third kappa shape index (κ3) is 2.15. The number of H-pyrrole nitrogens is 1. The molecule has 0 saturated carbocycles. The molecule has 0 aliphatic carbocycles. The van der Waals surface area contributed by atoms with Crippen molar-refractivity contribution in [2.45, 2.75) is 0 Å². The summed E-state index contributed by atoms with van der Waals surface area (Å²) >= 11 is 0. The predicted molar refractivity (Wildman–Crippen MR) is 85.0 cm³/mol. The molecule has 0 unspecified atom stereocenters. The summed E-state index contributed by atoms with van der Waals surface area (Å²) in [6.07, 6.45) is 2.89. The minimum Gasteiger partial charge on any atom is -0.479 e. The standard InChI is InChI=1S/C17H11N3O5/c1-24-14-13-9(6-7-18-14)12(8-19-13)17(23)25-20-15(21)10-4-2-3-5-11(10)16(20)22/h2-8,19H,1H3. The van der Waals surface area contributed by atoms with E-state index in [1.165, 1.54) is 31.6 Å². The molecular formula is C17H11N3O5. The second kappa shape index (κ2) is 5.45. The zero-order chi connectivity index (χ0) is 17.6. The molecule has 0 saturated heterocycles. The number of hydrogen-bond acceptors (Lipinski definition) is 6. The number of carbonyl (C=O) groups excluding carboxylic acids is 3. The number of hydroxylamine groups is 2. The van der Waals surface area contributed by atoms with E-state index in [0.717, 1.165) is 0 Å². The summed E-state index contributed by atoms with van der Waals surface area (Å²) in [5, 5.41) is 0.984. The van der Waals surface area contributed by atoms with Crippen molar-refractivity contribution in [1.82, 2.24) is 15.0 Å². The van der Waals surface area contributed by atoms with Gasteiger partial charge in [-0.1, -0.05) is 17.2 Å². The molecular weight excluding hydrogens is 326 g/mol. The number of benzene rings is 1. The quantitative estimate of drug-likeness (QED) is 0.733. The molecule has 1 aliphatic heterocycles. The smallest absolute Gasteiger partial charge is 0.366 e. The van der Waals surface area contributed by atoms with Gasteiger partial charge >= 0.3 is 5.97 Å². The van der Waals surface area contributed by atoms with Crippen molar-refractivity contribution in [3.05, 3.63) is 59.4 Å². The van der Waals surface area contributed by atoms with Crippen LogP contribution in [-0.2, 0) is 4.84 Å². The maximum Gasteiger partial charge on any atom is 0.366 e. The Morgan fingerprint density at radius 3 is 2.44 bits per heavy atom. The monoisotopic (exact) mass is 337 g/mol. The van der Waals surface area contributed by atoms with Gasteiger partial charge in [0.05, 0.1) is 23.8 Å². The minimum atomic E-state index is -0.839. The van der Waals surface area contributed by atoms with Crippen molar-refractivity contribution in [3.63, 3.8) is 0 Å². The molecule has 1 aliphatic rings. The number of ether oxygens (including phenoxy) is 1. The van der Waals surface area contributed by atoms with E-state index in [2.05, 4.69) is 9.97 Å². The molecule has 0 bridgehead atoms. The Morgan fingerprint density at radius 1 is 1.12 bits per heavy atom. The molecule has 0 fully saturated rings. The van der Waals surface area contributed by atoms with E-state index in [9.17, 15) is 14.4 Å². The van der Waals surface area contributed by atoms with Crippen LogP contribution in [0.5, 0.6) is 5.88 Å². The van der Waals surface area contributed by atoms with E-state index < -0.39 is 17.8 Å². The molecule has 2 amide bonds. The molecule has 2 aromatic heterocycles. The number of carbonyl (C=O) groups is 3. The fourth-order valence-corrected chi connectivity index (χ4v) is 2.73. The average Bonchev–Trinajstić information content (AvgIpc) is 3.17. The second-order valence-electron chi connectivity index (χ2n) is 5.27. The van der Waals surface area contributed by atoms with Crippen molar-refractivity contribution in [1.29, 1.82) is 0 Å². The lowest BCUT2D eigenvalue weighted by Crippen LogP contribution is -2.32. The molecule has 4 rings (SSSR count). The fraction of sp³-hybridized carbons (Fsp3) is 0.0588. The lowest BCUT2D eigenvalue weighted by Gasteiger charge is -2.12. The molecule has 8 nitrogen and oxygen atoms in total. The first-order valence-electron chi connectivity index (χ1n) is 7.32. The molecule has 1 N–H and O–H groups in total. The van der Waals surface area contributed by atoms with Crippen LogP contribution >= 0.6 is 0 Å². The molecule has 25 heavy (non-hydrogen) atoms. The average molecular weight is 337 g/mol. The van der Waals surface area contributed by atoms with Gasteiger partial charge in [0.1, 0.15) is 5.52 Å². The molecule has 0 spiro atoms. The number of nitrogens with one attached hydrogen (secondary N) is 1. The summed E-state index contributed by atoms with van der Waals surface area (Å²) in [6, 6.07) is 7.88. The Hall–Kier alpha value is -3.68. The molecule has 8 heteroatoms. The Labute approximate surface area is 140 Å². The van der Waals surface area contributed by atoms with Gasteiger partial charge in [0.2, 0.25) is 5.88 Å². The van der Waals surface area contributed by atoms with E-state index >= 15 is 0 Å². The fourth-order valence-electron chi connectivity index (χ4n) is 2.73. The molecule has 1 aromatic carbocycles. The highest BCUT2D eigenvalue weighted by Gasteiger charge is 2.39. The number of imide groups is 1. The van der Waals surface area contributed by atoms with Gasteiger partial charge in [0, 0.05) is 17.8 Å². The number of methoxy groups -OCH3 is 1. The second-order valence-corrected chi connectivity index (χ2v) is 5.27. The van der Waals surface area contributed by atoms with Crippen LogP contribution in [0.3, 0.4) is 0 Å². The van der Waals surface area contributed by atoms with Crippen molar-refractivity contribution in [2.75, 3.05) is 7.11 Å². The van der Waals surface area contributed by atoms with E-state index in [-0.39, 0.29) is 16.7 Å². The number of aromatic amines is 1. The maximum atomic E-state index is 12.5. The first-order valence-corrected chi connectivity index (χ1v) is 7.32. The summed E-state index contributed by atoms with van der Waals surface area (Å²) in [5.41, 5.74) is 1.07. The Kier molecular flexibility index (Phi) is 3.24. The molecule has 3 aromatic rings. The Morgan fingerprint density at radius 2 is 1.80 bits per heavy atom. The van der Waals surface area contributed by atoms with Crippen LogP contribution in [0.15, 0.2) is 42.7 Å². The number of amides is 2. The van der Waals surface area contributed by atoms with Crippen molar-refractivity contribution in [3.8, 4) is 5.88 Å². The summed E-state index contributed by atoms with van der Waals surface area (Å²) < 4.78 is 5.12. The van der Waals surface area contributed by atoms with E-state index in [0.29, 0.717) is 21.8 Å². The van der Waals surface area contributed by atoms with Crippen molar-refractivity contribution in [2.24, 2.45) is 0 Å². The molecule has 0 atom stereocenters. The van der Waals surface area contributed by atoms with Crippen LogP contribution in [0, 0.1) is 0 Å². The van der Waals surface area contributed by atoms with E-state index in [1.807, 2.05) is 0 Å². The van der Waals surface area contributed by atoms with Crippen LogP contribution in [0.4, 0.5) is 0 Å². The number of rotatable bonds is 3.